The first-order valence-electron chi connectivity index (χ1n) is 5.67. The van der Waals surface area contributed by atoms with Gasteiger partial charge in [-0.25, -0.2) is 4.79 Å². The van der Waals surface area contributed by atoms with E-state index < -0.39 is 0 Å². The molecule has 1 aliphatic heterocycles. The molecule has 0 spiro atoms. The summed E-state index contributed by atoms with van der Waals surface area (Å²) in [5.74, 6) is 0.714. The van der Waals surface area contributed by atoms with Crippen molar-refractivity contribution in [1.82, 2.24) is 4.90 Å². The van der Waals surface area contributed by atoms with Crippen molar-refractivity contribution in [1.29, 1.82) is 0 Å². The minimum atomic E-state index is -0.238. The molecule has 0 saturated carbocycles. The topological polar surface area (TPSA) is 46.3 Å². The Balaban J connectivity index is 2.42. The summed E-state index contributed by atoms with van der Waals surface area (Å²) < 4.78 is 0. The number of nitrogens with zero attached hydrogens (tertiary/aromatic N) is 1. The lowest BCUT2D eigenvalue weighted by Gasteiger charge is -2.34. The first kappa shape index (κ1) is 11.3. The van der Waals surface area contributed by atoms with Gasteiger partial charge in [-0.05, 0) is 38.0 Å². The number of hydrogen-bond acceptors (Lipinski definition) is 1. The second kappa shape index (κ2) is 5.23. The molecule has 0 radical (unpaired) electrons. The van der Waals surface area contributed by atoms with Gasteiger partial charge in [0, 0.05) is 12.6 Å². The van der Waals surface area contributed by atoms with Crippen LogP contribution < -0.4 is 5.73 Å². The van der Waals surface area contributed by atoms with Crippen LogP contribution in [0.5, 0.6) is 0 Å². The van der Waals surface area contributed by atoms with Crippen molar-refractivity contribution in [2.45, 2.75) is 52.0 Å². The highest BCUT2D eigenvalue weighted by Crippen LogP contribution is 2.22. The van der Waals surface area contributed by atoms with Crippen molar-refractivity contribution in [3.63, 3.8) is 0 Å². The number of carbonyl (C=O) groups excluding carboxylic acids is 1. The molecule has 1 atom stereocenters. The summed E-state index contributed by atoms with van der Waals surface area (Å²) in [6.45, 7) is 5.30. The van der Waals surface area contributed by atoms with Crippen LogP contribution in [0.3, 0.4) is 0 Å². The second-order valence-electron chi connectivity index (χ2n) is 4.65. The lowest BCUT2D eigenvalue weighted by Crippen LogP contribution is -2.46. The van der Waals surface area contributed by atoms with E-state index in [9.17, 15) is 4.79 Å². The van der Waals surface area contributed by atoms with Gasteiger partial charge in [0.2, 0.25) is 0 Å². The van der Waals surface area contributed by atoms with Gasteiger partial charge < -0.3 is 10.6 Å². The maximum Gasteiger partial charge on any atom is 0.315 e. The zero-order chi connectivity index (χ0) is 10.6. The number of likely N-dealkylation sites (tertiary alicyclic amines) is 1. The first-order chi connectivity index (χ1) is 6.61. The second-order valence-corrected chi connectivity index (χ2v) is 4.65. The summed E-state index contributed by atoms with van der Waals surface area (Å²) >= 11 is 0. The van der Waals surface area contributed by atoms with E-state index >= 15 is 0 Å². The predicted octanol–water partition coefficient (Wildman–Crippen LogP) is 2.36. The summed E-state index contributed by atoms with van der Waals surface area (Å²) in [6, 6.07) is 0.169. The van der Waals surface area contributed by atoms with Gasteiger partial charge in [-0.2, -0.15) is 0 Å². The molecule has 1 rings (SSSR count). The fourth-order valence-corrected chi connectivity index (χ4v) is 2.12. The molecule has 0 aromatic heterocycles. The van der Waals surface area contributed by atoms with E-state index in [2.05, 4.69) is 13.8 Å². The van der Waals surface area contributed by atoms with Crippen molar-refractivity contribution in [2.24, 2.45) is 11.7 Å². The van der Waals surface area contributed by atoms with Crippen molar-refractivity contribution in [3.05, 3.63) is 0 Å². The number of hydrogen-bond donors (Lipinski definition) is 1. The third-order valence-corrected chi connectivity index (χ3v) is 2.99. The molecular weight excluding hydrogens is 176 g/mol. The van der Waals surface area contributed by atoms with Crippen LogP contribution in [0.15, 0.2) is 0 Å². The van der Waals surface area contributed by atoms with Gasteiger partial charge in [-0.1, -0.05) is 13.8 Å². The molecule has 1 saturated heterocycles. The monoisotopic (exact) mass is 198 g/mol. The van der Waals surface area contributed by atoms with E-state index in [0.29, 0.717) is 12.0 Å². The van der Waals surface area contributed by atoms with Gasteiger partial charge >= 0.3 is 6.03 Å². The molecule has 1 unspecified atom stereocenters. The standard InChI is InChI=1S/C11H22N2O/c1-9(2)6-7-10-5-3-4-8-13(10)11(12)14/h9-10H,3-8H2,1-2H3,(H2,12,14). The van der Waals surface area contributed by atoms with Crippen LogP contribution in [0.25, 0.3) is 0 Å². The number of piperidine rings is 1. The highest BCUT2D eigenvalue weighted by molar-refractivity contribution is 5.72. The minimum absolute atomic E-state index is 0.238. The number of rotatable bonds is 3. The SMILES string of the molecule is CC(C)CCC1CCCCN1C(N)=O. The lowest BCUT2D eigenvalue weighted by atomic mass is 9.95. The number of amides is 2. The fourth-order valence-electron chi connectivity index (χ4n) is 2.12. The van der Waals surface area contributed by atoms with Crippen molar-refractivity contribution in [3.8, 4) is 0 Å². The van der Waals surface area contributed by atoms with E-state index in [1.54, 1.807) is 0 Å². The van der Waals surface area contributed by atoms with E-state index in [4.69, 9.17) is 5.73 Å². The Morgan fingerprint density at radius 1 is 1.50 bits per heavy atom. The highest BCUT2D eigenvalue weighted by atomic mass is 16.2. The third kappa shape index (κ3) is 3.20. The Labute approximate surface area is 86.6 Å². The quantitative estimate of drug-likeness (QED) is 0.743. The highest BCUT2D eigenvalue weighted by Gasteiger charge is 2.24. The Hall–Kier alpha value is -0.730. The van der Waals surface area contributed by atoms with Gasteiger partial charge in [-0.15, -0.1) is 0 Å². The third-order valence-electron chi connectivity index (χ3n) is 2.99. The first-order valence-corrected chi connectivity index (χ1v) is 5.67. The molecule has 3 nitrogen and oxygen atoms in total. The van der Waals surface area contributed by atoms with E-state index in [1.807, 2.05) is 4.90 Å². The number of urea groups is 1. The number of primary amides is 1. The molecule has 1 aliphatic rings. The van der Waals surface area contributed by atoms with Crippen molar-refractivity contribution >= 4 is 6.03 Å². The largest absolute Gasteiger partial charge is 0.351 e. The normalized spacial score (nSPS) is 22.8. The Morgan fingerprint density at radius 2 is 2.21 bits per heavy atom. The smallest absolute Gasteiger partial charge is 0.315 e. The average Bonchev–Trinajstić information content (AvgIpc) is 2.15. The molecule has 2 N–H and O–H groups in total. The average molecular weight is 198 g/mol. The summed E-state index contributed by atoms with van der Waals surface area (Å²) in [4.78, 5) is 13.0. The fraction of sp³-hybridized carbons (Fsp3) is 0.909. The van der Waals surface area contributed by atoms with Gasteiger partial charge in [0.15, 0.2) is 0 Å². The Bertz CT molecular complexity index is 192. The van der Waals surface area contributed by atoms with Crippen molar-refractivity contribution in [2.75, 3.05) is 6.54 Å². The molecule has 2 amide bonds. The summed E-state index contributed by atoms with van der Waals surface area (Å²) in [5, 5.41) is 0. The zero-order valence-corrected chi connectivity index (χ0v) is 9.33. The number of nitrogens with two attached hydrogens (primary N) is 1. The molecule has 1 fully saturated rings. The molecule has 3 heteroatoms. The maximum atomic E-state index is 11.2. The lowest BCUT2D eigenvalue weighted by molar-refractivity contribution is 0.151. The predicted molar refractivity (Wildman–Crippen MR) is 58.0 cm³/mol. The van der Waals surface area contributed by atoms with Crippen LogP contribution in [0.2, 0.25) is 0 Å². The molecule has 0 aliphatic carbocycles. The summed E-state index contributed by atoms with van der Waals surface area (Å²) in [7, 11) is 0. The van der Waals surface area contributed by atoms with Gasteiger partial charge in [0.05, 0.1) is 0 Å². The van der Waals surface area contributed by atoms with E-state index in [1.165, 1.54) is 12.8 Å². The van der Waals surface area contributed by atoms with Crippen LogP contribution in [0.4, 0.5) is 4.79 Å². The van der Waals surface area contributed by atoms with Gasteiger partial charge in [0.1, 0.15) is 0 Å². The molecule has 14 heavy (non-hydrogen) atoms. The Morgan fingerprint density at radius 3 is 2.79 bits per heavy atom. The molecular formula is C11H22N2O. The number of carbonyl (C=O) groups is 1. The Kier molecular flexibility index (Phi) is 4.23. The maximum absolute atomic E-state index is 11.2. The van der Waals surface area contributed by atoms with Crippen LogP contribution in [0, 0.1) is 5.92 Å². The van der Waals surface area contributed by atoms with E-state index in [0.717, 1.165) is 25.8 Å². The minimum Gasteiger partial charge on any atom is -0.351 e. The molecule has 0 bridgehead atoms. The van der Waals surface area contributed by atoms with Gasteiger partial charge in [0.25, 0.3) is 0 Å². The van der Waals surface area contributed by atoms with Crippen LogP contribution >= 0.6 is 0 Å². The zero-order valence-electron chi connectivity index (χ0n) is 9.33. The van der Waals surface area contributed by atoms with Crippen LogP contribution in [-0.4, -0.2) is 23.5 Å². The molecule has 1 heterocycles. The van der Waals surface area contributed by atoms with Gasteiger partial charge in [-0.3, -0.25) is 0 Å². The van der Waals surface area contributed by atoms with Crippen LogP contribution in [-0.2, 0) is 0 Å². The molecule has 0 aromatic rings. The van der Waals surface area contributed by atoms with Crippen LogP contribution in [0.1, 0.15) is 46.0 Å². The molecule has 0 aromatic carbocycles. The summed E-state index contributed by atoms with van der Waals surface area (Å²) in [5.41, 5.74) is 5.35. The molecule has 82 valence electrons. The summed E-state index contributed by atoms with van der Waals surface area (Å²) in [6.07, 6.45) is 5.79. The van der Waals surface area contributed by atoms with Crippen molar-refractivity contribution < 1.29 is 4.79 Å². The van der Waals surface area contributed by atoms with E-state index in [-0.39, 0.29) is 6.03 Å².